The van der Waals surface area contributed by atoms with E-state index in [1.807, 2.05) is 0 Å². The first-order chi connectivity index (χ1) is 9.63. The van der Waals surface area contributed by atoms with Crippen molar-refractivity contribution < 1.29 is 0 Å². The van der Waals surface area contributed by atoms with Crippen molar-refractivity contribution in [3.8, 4) is 0 Å². The Balaban J connectivity index is 1.76. The van der Waals surface area contributed by atoms with Gasteiger partial charge in [0.1, 0.15) is 0 Å². The monoisotopic (exact) mass is 280 g/mol. The molecule has 0 aromatic carbocycles. The van der Waals surface area contributed by atoms with Crippen LogP contribution in [0.1, 0.15) is 65.7 Å². The molecule has 0 saturated carbocycles. The molecule has 2 saturated heterocycles. The van der Waals surface area contributed by atoms with Gasteiger partial charge < -0.3 is 9.80 Å². The van der Waals surface area contributed by atoms with Crippen LogP contribution >= 0.6 is 0 Å². The molecule has 0 unspecified atom stereocenters. The van der Waals surface area contributed by atoms with Crippen molar-refractivity contribution in [1.82, 2.24) is 9.80 Å². The molecule has 2 fully saturated rings. The average molecular weight is 280 g/mol. The van der Waals surface area contributed by atoms with Gasteiger partial charge in [0.15, 0.2) is 0 Å². The molecule has 0 amide bonds. The summed E-state index contributed by atoms with van der Waals surface area (Å²) < 4.78 is 0. The summed E-state index contributed by atoms with van der Waals surface area (Å²) >= 11 is 0. The topological polar surface area (TPSA) is 6.48 Å². The summed E-state index contributed by atoms with van der Waals surface area (Å²) in [4.78, 5) is 5.42. The summed E-state index contributed by atoms with van der Waals surface area (Å²) in [6.45, 7) is 11.1. The Labute approximate surface area is 126 Å². The van der Waals surface area contributed by atoms with Crippen LogP contribution in [0.15, 0.2) is 0 Å². The third-order valence-corrected chi connectivity index (χ3v) is 6.09. The van der Waals surface area contributed by atoms with Crippen LogP contribution in [0.5, 0.6) is 0 Å². The molecule has 2 heterocycles. The molecule has 2 nitrogen and oxygen atoms in total. The Morgan fingerprint density at radius 1 is 0.900 bits per heavy atom. The minimum Gasteiger partial charge on any atom is -0.303 e. The minimum atomic E-state index is 0.815. The molecule has 2 heteroatoms. The molecular formula is C18H36N2. The Morgan fingerprint density at radius 3 is 2.20 bits per heavy atom. The van der Waals surface area contributed by atoms with E-state index in [1.165, 1.54) is 64.6 Å². The molecule has 2 rings (SSSR count). The van der Waals surface area contributed by atoms with Gasteiger partial charge in [0, 0.05) is 25.2 Å². The predicted octanol–water partition coefficient (Wildman–Crippen LogP) is 4.01. The fourth-order valence-corrected chi connectivity index (χ4v) is 4.22. The van der Waals surface area contributed by atoms with Crippen molar-refractivity contribution in [1.29, 1.82) is 0 Å². The highest BCUT2D eigenvalue weighted by Gasteiger charge is 2.28. The van der Waals surface area contributed by atoms with Crippen molar-refractivity contribution in [2.45, 2.75) is 77.8 Å². The zero-order valence-electron chi connectivity index (χ0n) is 14.3. The van der Waals surface area contributed by atoms with Gasteiger partial charge in [0.25, 0.3) is 0 Å². The van der Waals surface area contributed by atoms with Crippen LogP contribution in [0.4, 0.5) is 0 Å². The van der Waals surface area contributed by atoms with E-state index in [0.29, 0.717) is 0 Å². The molecule has 0 aliphatic carbocycles. The summed E-state index contributed by atoms with van der Waals surface area (Å²) in [6, 6.07) is 1.65. The fourth-order valence-electron chi connectivity index (χ4n) is 4.22. The second-order valence-corrected chi connectivity index (χ2v) is 7.43. The normalized spacial score (nSPS) is 37.2. The van der Waals surface area contributed by atoms with Crippen molar-refractivity contribution in [3.63, 3.8) is 0 Å². The maximum Gasteiger partial charge on any atom is 0.0105 e. The van der Waals surface area contributed by atoms with Gasteiger partial charge in [0.05, 0.1) is 0 Å². The standard InChI is InChI=1S/C18H36N2/c1-5-16-9-10-18(19(4)13-16)11-12-20-14-17(6-2)8-7-15(20)3/h15-18H,5-14H2,1-4H3/t15-,16+,17+,18+/m0/s1. The predicted molar refractivity (Wildman–Crippen MR) is 88.1 cm³/mol. The molecule has 0 aromatic heterocycles. The first kappa shape index (κ1) is 16.3. The lowest BCUT2D eigenvalue weighted by molar-refractivity contribution is 0.0810. The Bertz CT molecular complexity index is 279. The zero-order chi connectivity index (χ0) is 14.5. The van der Waals surface area contributed by atoms with Crippen LogP contribution in [0.25, 0.3) is 0 Å². The van der Waals surface area contributed by atoms with Crippen LogP contribution in [-0.4, -0.2) is 48.6 Å². The van der Waals surface area contributed by atoms with Gasteiger partial charge in [-0.05, 0) is 64.5 Å². The number of hydrogen-bond acceptors (Lipinski definition) is 2. The highest BCUT2D eigenvalue weighted by atomic mass is 15.2. The van der Waals surface area contributed by atoms with Gasteiger partial charge in [-0.15, -0.1) is 0 Å². The number of piperidine rings is 2. The van der Waals surface area contributed by atoms with E-state index in [2.05, 4.69) is 37.6 Å². The molecule has 0 spiro atoms. The van der Waals surface area contributed by atoms with Crippen LogP contribution in [0.2, 0.25) is 0 Å². The van der Waals surface area contributed by atoms with Crippen molar-refractivity contribution in [3.05, 3.63) is 0 Å². The molecule has 2 aliphatic heterocycles. The van der Waals surface area contributed by atoms with E-state index in [0.717, 1.165) is 23.9 Å². The highest BCUT2D eigenvalue weighted by molar-refractivity contribution is 4.83. The zero-order valence-corrected chi connectivity index (χ0v) is 14.3. The van der Waals surface area contributed by atoms with Gasteiger partial charge in [0.2, 0.25) is 0 Å². The number of likely N-dealkylation sites (tertiary alicyclic amines) is 2. The lowest BCUT2D eigenvalue weighted by Gasteiger charge is -2.41. The molecular weight excluding hydrogens is 244 g/mol. The lowest BCUT2D eigenvalue weighted by Crippen LogP contribution is -2.46. The molecule has 0 aromatic rings. The quantitative estimate of drug-likeness (QED) is 0.751. The minimum absolute atomic E-state index is 0.815. The van der Waals surface area contributed by atoms with Crippen LogP contribution in [0, 0.1) is 11.8 Å². The number of hydrogen-bond donors (Lipinski definition) is 0. The van der Waals surface area contributed by atoms with E-state index < -0.39 is 0 Å². The summed E-state index contributed by atoms with van der Waals surface area (Å²) in [6.07, 6.45) is 9.86. The molecule has 4 atom stereocenters. The number of rotatable bonds is 5. The van der Waals surface area contributed by atoms with Gasteiger partial charge in [-0.3, -0.25) is 0 Å². The molecule has 0 radical (unpaired) electrons. The van der Waals surface area contributed by atoms with Crippen LogP contribution in [0.3, 0.4) is 0 Å². The molecule has 2 aliphatic rings. The van der Waals surface area contributed by atoms with Gasteiger partial charge in [-0.2, -0.15) is 0 Å². The average Bonchev–Trinajstić information content (AvgIpc) is 2.47. The van der Waals surface area contributed by atoms with Crippen molar-refractivity contribution >= 4 is 0 Å². The molecule has 0 bridgehead atoms. The van der Waals surface area contributed by atoms with Gasteiger partial charge in [-0.25, -0.2) is 0 Å². The maximum absolute atomic E-state index is 2.78. The van der Waals surface area contributed by atoms with E-state index in [1.54, 1.807) is 0 Å². The number of nitrogens with zero attached hydrogens (tertiary/aromatic N) is 2. The summed E-state index contributed by atoms with van der Waals surface area (Å²) in [7, 11) is 2.35. The molecule has 0 N–H and O–H groups in total. The third kappa shape index (κ3) is 4.21. The SMILES string of the molecule is CC[C@@H]1CC[C@H](CCN2C[C@H](CC)CC[C@@H]2C)N(C)C1. The lowest BCUT2D eigenvalue weighted by atomic mass is 9.88. The van der Waals surface area contributed by atoms with Crippen molar-refractivity contribution in [2.75, 3.05) is 26.7 Å². The van der Waals surface area contributed by atoms with E-state index in [-0.39, 0.29) is 0 Å². The van der Waals surface area contributed by atoms with Crippen LogP contribution < -0.4 is 0 Å². The molecule has 20 heavy (non-hydrogen) atoms. The van der Waals surface area contributed by atoms with Gasteiger partial charge >= 0.3 is 0 Å². The maximum atomic E-state index is 2.78. The van der Waals surface area contributed by atoms with Gasteiger partial charge in [-0.1, -0.05) is 26.7 Å². The highest BCUT2D eigenvalue weighted by Crippen LogP contribution is 2.27. The Hall–Kier alpha value is -0.0800. The third-order valence-electron chi connectivity index (χ3n) is 6.09. The Morgan fingerprint density at radius 2 is 1.55 bits per heavy atom. The second kappa shape index (κ2) is 7.79. The fraction of sp³-hybridized carbons (Fsp3) is 1.00. The van der Waals surface area contributed by atoms with Crippen LogP contribution in [-0.2, 0) is 0 Å². The summed E-state index contributed by atoms with van der Waals surface area (Å²) in [5.41, 5.74) is 0. The summed E-state index contributed by atoms with van der Waals surface area (Å²) in [5.74, 6) is 1.91. The van der Waals surface area contributed by atoms with E-state index in [9.17, 15) is 0 Å². The molecule has 118 valence electrons. The van der Waals surface area contributed by atoms with Crippen molar-refractivity contribution in [2.24, 2.45) is 11.8 Å². The smallest absolute Gasteiger partial charge is 0.0105 e. The Kier molecular flexibility index (Phi) is 6.35. The second-order valence-electron chi connectivity index (χ2n) is 7.43. The van der Waals surface area contributed by atoms with E-state index >= 15 is 0 Å². The first-order valence-electron chi connectivity index (χ1n) is 9.08. The van der Waals surface area contributed by atoms with E-state index in [4.69, 9.17) is 0 Å². The first-order valence-corrected chi connectivity index (χ1v) is 9.08. The largest absolute Gasteiger partial charge is 0.303 e. The summed E-state index contributed by atoms with van der Waals surface area (Å²) in [5, 5.41) is 0.